The van der Waals surface area contributed by atoms with Crippen molar-refractivity contribution in [1.82, 2.24) is 5.32 Å². The highest BCUT2D eigenvalue weighted by Crippen LogP contribution is 2.28. The van der Waals surface area contributed by atoms with Crippen LogP contribution in [0.25, 0.3) is 0 Å². The summed E-state index contributed by atoms with van der Waals surface area (Å²) >= 11 is 0. The van der Waals surface area contributed by atoms with Crippen LogP contribution in [-0.2, 0) is 0 Å². The van der Waals surface area contributed by atoms with Crippen LogP contribution in [0.1, 0.15) is 36.6 Å². The maximum atomic E-state index is 14.0. The summed E-state index contributed by atoms with van der Waals surface area (Å²) in [6, 6.07) is 7.80. The van der Waals surface area contributed by atoms with Gasteiger partial charge in [0.15, 0.2) is 0 Å². The predicted molar refractivity (Wildman–Crippen MR) is 65.2 cm³/mol. The van der Waals surface area contributed by atoms with E-state index >= 15 is 0 Å². The molecule has 0 saturated carbocycles. The first kappa shape index (κ1) is 11.6. The van der Waals surface area contributed by atoms with Crippen LogP contribution < -0.4 is 5.32 Å². The van der Waals surface area contributed by atoms with Gasteiger partial charge in [0.05, 0.1) is 0 Å². The molecule has 2 rings (SSSR count). The molecule has 2 unspecified atom stereocenters. The summed E-state index contributed by atoms with van der Waals surface area (Å²) < 4.78 is 14.0. The van der Waals surface area contributed by atoms with E-state index in [9.17, 15) is 4.39 Å². The molecule has 1 heterocycles. The fourth-order valence-corrected chi connectivity index (χ4v) is 2.33. The van der Waals surface area contributed by atoms with Crippen molar-refractivity contribution in [3.63, 3.8) is 0 Å². The van der Waals surface area contributed by atoms with Gasteiger partial charge in [-0.1, -0.05) is 29.8 Å². The first-order valence-electron chi connectivity index (χ1n) is 6.17. The predicted octanol–water partition coefficient (Wildman–Crippen LogP) is 3.40. The van der Waals surface area contributed by atoms with Gasteiger partial charge in [-0.15, -0.1) is 0 Å². The van der Waals surface area contributed by atoms with Crippen molar-refractivity contribution in [3.05, 3.63) is 35.4 Å². The van der Waals surface area contributed by atoms with Gasteiger partial charge < -0.3 is 5.32 Å². The Morgan fingerprint density at radius 1 is 1.38 bits per heavy atom. The minimum Gasteiger partial charge on any atom is -0.316 e. The van der Waals surface area contributed by atoms with E-state index < -0.39 is 6.17 Å². The Morgan fingerprint density at radius 3 is 2.75 bits per heavy atom. The monoisotopic (exact) mass is 221 g/mol. The van der Waals surface area contributed by atoms with Crippen LogP contribution in [0.2, 0.25) is 0 Å². The number of piperidine rings is 1. The Kier molecular flexibility index (Phi) is 3.94. The lowest BCUT2D eigenvalue weighted by molar-refractivity contribution is 0.243. The van der Waals surface area contributed by atoms with E-state index in [4.69, 9.17) is 0 Å². The zero-order valence-electron chi connectivity index (χ0n) is 9.88. The van der Waals surface area contributed by atoms with Crippen molar-refractivity contribution in [2.45, 2.75) is 32.4 Å². The van der Waals surface area contributed by atoms with Gasteiger partial charge in [0.1, 0.15) is 6.17 Å². The Bertz CT molecular complexity index is 314. The third-order valence-electron chi connectivity index (χ3n) is 3.38. The molecule has 1 fully saturated rings. The lowest BCUT2D eigenvalue weighted by atomic mass is 9.91. The molecular weight excluding hydrogens is 201 g/mol. The van der Waals surface area contributed by atoms with Crippen molar-refractivity contribution >= 4 is 0 Å². The molecule has 1 aromatic rings. The van der Waals surface area contributed by atoms with E-state index in [2.05, 4.69) is 5.32 Å². The number of rotatable bonds is 3. The molecule has 1 N–H and O–H groups in total. The minimum atomic E-state index is -0.800. The maximum absolute atomic E-state index is 14.0. The van der Waals surface area contributed by atoms with Gasteiger partial charge in [-0.25, -0.2) is 4.39 Å². The van der Waals surface area contributed by atoms with E-state index in [1.165, 1.54) is 18.4 Å². The van der Waals surface area contributed by atoms with E-state index in [0.29, 0.717) is 12.3 Å². The summed E-state index contributed by atoms with van der Waals surface area (Å²) in [5.41, 5.74) is 2.02. The molecule has 0 aromatic heterocycles. The molecule has 0 bridgehead atoms. The minimum absolute atomic E-state index is 0.505. The average molecular weight is 221 g/mol. The van der Waals surface area contributed by atoms with Crippen LogP contribution in [0.3, 0.4) is 0 Å². The molecule has 2 atom stereocenters. The van der Waals surface area contributed by atoms with Crippen molar-refractivity contribution in [1.29, 1.82) is 0 Å². The van der Waals surface area contributed by atoms with Crippen molar-refractivity contribution < 1.29 is 4.39 Å². The quantitative estimate of drug-likeness (QED) is 0.825. The second kappa shape index (κ2) is 5.44. The van der Waals surface area contributed by atoms with Gasteiger partial charge in [0.2, 0.25) is 0 Å². The molecule has 0 aliphatic carbocycles. The van der Waals surface area contributed by atoms with Crippen LogP contribution in [0, 0.1) is 12.8 Å². The van der Waals surface area contributed by atoms with Gasteiger partial charge in [0, 0.05) is 0 Å². The summed E-state index contributed by atoms with van der Waals surface area (Å²) in [6.07, 6.45) is 2.21. The highest BCUT2D eigenvalue weighted by molar-refractivity contribution is 5.23. The summed E-state index contributed by atoms with van der Waals surface area (Å²) in [7, 11) is 0. The Morgan fingerprint density at radius 2 is 2.12 bits per heavy atom. The first-order valence-corrected chi connectivity index (χ1v) is 6.17. The Labute approximate surface area is 97.1 Å². The number of aryl methyl sites for hydroxylation is 1. The molecule has 1 saturated heterocycles. The second-order valence-corrected chi connectivity index (χ2v) is 4.83. The molecule has 0 radical (unpaired) electrons. The van der Waals surface area contributed by atoms with Crippen LogP contribution in [0.4, 0.5) is 4.39 Å². The number of hydrogen-bond acceptors (Lipinski definition) is 1. The molecule has 0 spiro atoms. The van der Waals surface area contributed by atoms with Gasteiger partial charge in [-0.05, 0) is 50.8 Å². The third kappa shape index (κ3) is 3.05. The van der Waals surface area contributed by atoms with Gasteiger partial charge in [-0.3, -0.25) is 0 Å². The number of nitrogens with one attached hydrogen (secondary N) is 1. The lowest BCUT2D eigenvalue weighted by Gasteiger charge is -2.24. The van der Waals surface area contributed by atoms with E-state index in [-0.39, 0.29) is 0 Å². The number of alkyl halides is 1. The largest absolute Gasteiger partial charge is 0.316 e. The molecule has 1 aliphatic rings. The smallest absolute Gasteiger partial charge is 0.125 e. The summed E-state index contributed by atoms with van der Waals surface area (Å²) in [5, 5.41) is 3.33. The van der Waals surface area contributed by atoms with Crippen molar-refractivity contribution in [2.75, 3.05) is 13.1 Å². The molecule has 1 aromatic carbocycles. The topological polar surface area (TPSA) is 12.0 Å². The zero-order chi connectivity index (χ0) is 11.4. The fraction of sp³-hybridized carbons (Fsp3) is 0.571. The van der Waals surface area contributed by atoms with Gasteiger partial charge in [0.25, 0.3) is 0 Å². The van der Waals surface area contributed by atoms with Crippen LogP contribution in [0.15, 0.2) is 24.3 Å². The summed E-state index contributed by atoms with van der Waals surface area (Å²) in [6.45, 7) is 4.10. The Hall–Kier alpha value is -0.890. The maximum Gasteiger partial charge on any atom is 0.125 e. The summed E-state index contributed by atoms with van der Waals surface area (Å²) in [5.74, 6) is 0.505. The lowest BCUT2D eigenvalue weighted by Crippen LogP contribution is -2.30. The molecular formula is C14H20FN. The molecule has 0 amide bonds. The van der Waals surface area contributed by atoms with E-state index in [1.54, 1.807) is 0 Å². The van der Waals surface area contributed by atoms with Gasteiger partial charge >= 0.3 is 0 Å². The molecule has 16 heavy (non-hydrogen) atoms. The molecule has 1 aliphatic heterocycles. The fourth-order valence-electron chi connectivity index (χ4n) is 2.33. The van der Waals surface area contributed by atoms with Crippen LogP contribution >= 0.6 is 0 Å². The third-order valence-corrected chi connectivity index (χ3v) is 3.38. The Balaban J connectivity index is 1.91. The highest BCUT2D eigenvalue weighted by atomic mass is 19.1. The summed E-state index contributed by atoms with van der Waals surface area (Å²) in [4.78, 5) is 0. The second-order valence-electron chi connectivity index (χ2n) is 4.83. The van der Waals surface area contributed by atoms with Crippen molar-refractivity contribution in [2.24, 2.45) is 5.92 Å². The highest BCUT2D eigenvalue weighted by Gasteiger charge is 2.19. The van der Waals surface area contributed by atoms with E-state index in [0.717, 1.165) is 18.7 Å². The number of benzene rings is 1. The molecule has 88 valence electrons. The van der Waals surface area contributed by atoms with Crippen molar-refractivity contribution in [3.8, 4) is 0 Å². The number of hydrogen-bond donors (Lipinski definition) is 1. The first-order chi connectivity index (χ1) is 7.75. The van der Waals surface area contributed by atoms with Crippen LogP contribution in [0.5, 0.6) is 0 Å². The van der Waals surface area contributed by atoms with Crippen LogP contribution in [-0.4, -0.2) is 13.1 Å². The normalized spacial score (nSPS) is 23.0. The zero-order valence-corrected chi connectivity index (χ0v) is 9.88. The number of halogens is 1. The molecule has 1 nitrogen and oxygen atoms in total. The average Bonchev–Trinajstić information content (AvgIpc) is 2.31. The van der Waals surface area contributed by atoms with E-state index in [1.807, 2.05) is 31.2 Å². The SMILES string of the molecule is Cc1ccc(C(F)CC2CCCNC2)cc1. The standard InChI is InChI=1S/C14H20FN/c1-11-4-6-13(7-5-11)14(15)9-12-3-2-8-16-10-12/h4-7,12,14,16H,2-3,8-10H2,1H3. The molecule has 2 heteroatoms. The van der Waals surface area contributed by atoms with Gasteiger partial charge in [-0.2, -0.15) is 0 Å².